The number of carbonyl (C=O) groups is 2. The van der Waals surface area contributed by atoms with Gasteiger partial charge in [0.15, 0.2) is 0 Å². The zero-order chi connectivity index (χ0) is 15.8. The number of carbonyl (C=O) groups excluding carboxylic acids is 2. The fraction of sp³-hybridized carbons (Fsp3) is 0.0667. The highest BCUT2D eigenvalue weighted by atomic mass is 79.9. The zero-order valence-electron chi connectivity index (χ0n) is 11.5. The second-order valence-electron chi connectivity index (χ2n) is 4.27. The fourth-order valence-electron chi connectivity index (χ4n) is 1.56. The Labute approximate surface area is 135 Å². The average Bonchev–Trinajstić information content (AvgIpc) is 2.53. The van der Waals surface area contributed by atoms with E-state index in [1.165, 1.54) is 6.21 Å². The topological polar surface area (TPSA) is 83.5 Å². The lowest BCUT2D eigenvalue weighted by atomic mass is 10.2. The third-order valence-electron chi connectivity index (χ3n) is 2.58. The molecule has 0 aliphatic rings. The van der Waals surface area contributed by atoms with Gasteiger partial charge in [0.25, 0.3) is 11.8 Å². The first-order valence-corrected chi connectivity index (χ1v) is 7.20. The van der Waals surface area contributed by atoms with Gasteiger partial charge in [-0.3, -0.25) is 14.6 Å². The molecule has 7 heteroatoms. The quantitative estimate of drug-likeness (QED) is 0.628. The molecule has 0 bridgehead atoms. The molecule has 0 radical (unpaired) electrons. The lowest BCUT2D eigenvalue weighted by Crippen LogP contribution is -2.34. The van der Waals surface area contributed by atoms with Crippen LogP contribution in [-0.2, 0) is 4.79 Å². The Kier molecular flexibility index (Phi) is 5.79. The minimum Gasteiger partial charge on any atom is -0.343 e. The summed E-state index contributed by atoms with van der Waals surface area (Å²) in [6, 6.07) is 10.5. The van der Waals surface area contributed by atoms with Crippen molar-refractivity contribution in [1.29, 1.82) is 0 Å². The summed E-state index contributed by atoms with van der Waals surface area (Å²) in [5.41, 5.74) is 3.57. The molecule has 0 atom stereocenters. The molecule has 0 aliphatic heterocycles. The van der Waals surface area contributed by atoms with E-state index in [-0.39, 0.29) is 12.5 Å². The minimum absolute atomic E-state index is 0.157. The van der Waals surface area contributed by atoms with Gasteiger partial charge >= 0.3 is 0 Å². The van der Waals surface area contributed by atoms with Crippen LogP contribution >= 0.6 is 15.9 Å². The van der Waals surface area contributed by atoms with Crippen LogP contribution in [0, 0.1) is 0 Å². The average molecular weight is 361 g/mol. The summed E-state index contributed by atoms with van der Waals surface area (Å²) in [7, 11) is 0. The predicted molar refractivity (Wildman–Crippen MR) is 86.4 cm³/mol. The highest BCUT2D eigenvalue weighted by Crippen LogP contribution is 2.11. The van der Waals surface area contributed by atoms with Crippen molar-refractivity contribution >= 4 is 34.0 Å². The van der Waals surface area contributed by atoms with Crippen molar-refractivity contribution in [3.05, 3.63) is 64.4 Å². The molecule has 2 amide bonds. The number of halogens is 1. The number of nitrogens with zero attached hydrogens (tertiary/aromatic N) is 2. The number of hydrogen-bond donors (Lipinski definition) is 2. The molecule has 1 aromatic heterocycles. The molecule has 112 valence electrons. The molecule has 0 spiro atoms. The highest BCUT2D eigenvalue weighted by molar-refractivity contribution is 9.10. The molecule has 1 heterocycles. The van der Waals surface area contributed by atoms with E-state index in [0.717, 1.165) is 10.0 Å². The molecule has 1 aromatic carbocycles. The van der Waals surface area contributed by atoms with Gasteiger partial charge in [-0.15, -0.1) is 0 Å². The molecule has 0 fully saturated rings. The molecule has 0 saturated carbocycles. The lowest BCUT2D eigenvalue weighted by molar-refractivity contribution is -0.120. The fourth-order valence-corrected chi connectivity index (χ4v) is 1.96. The van der Waals surface area contributed by atoms with Crippen LogP contribution in [0.25, 0.3) is 0 Å². The Morgan fingerprint density at radius 3 is 2.86 bits per heavy atom. The van der Waals surface area contributed by atoms with Crippen LogP contribution in [0.15, 0.2) is 58.4 Å². The molecular weight excluding hydrogens is 348 g/mol. The SMILES string of the molecule is O=C(CNC(=O)c1cccc(Br)c1)N/N=C\c1cccnc1. The maximum atomic E-state index is 11.8. The molecular formula is C15H13BrN4O2. The molecule has 22 heavy (non-hydrogen) atoms. The Bertz CT molecular complexity index is 689. The number of aromatic nitrogens is 1. The Morgan fingerprint density at radius 1 is 1.27 bits per heavy atom. The van der Waals surface area contributed by atoms with Gasteiger partial charge in [-0.1, -0.05) is 28.1 Å². The van der Waals surface area contributed by atoms with Crippen molar-refractivity contribution < 1.29 is 9.59 Å². The lowest BCUT2D eigenvalue weighted by Gasteiger charge is -2.04. The summed E-state index contributed by atoms with van der Waals surface area (Å²) < 4.78 is 0.797. The van der Waals surface area contributed by atoms with Crippen molar-refractivity contribution in [1.82, 2.24) is 15.7 Å². The maximum absolute atomic E-state index is 11.8. The van der Waals surface area contributed by atoms with E-state index < -0.39 is 5.91 Å². The second kappa shape index (κ2) is 8.04. The Morgan fingerprint density at radius 2 is 2.14 bits per heavy atom. The molecule has 0 unspecified atom stereocenters. The van der Waals surface area contributed by atoms with Crippen molar-refractivity contribution in [2.24, 2.45) is 5.10 Å². The van der Waals surface area contributed by atoms with Crippen LogP contribution in [0.3, 0.4) is 0 Å². The number of amides is 2. The van der Waals surface area contributed by atoms with Crippen LogP contribution in [-0.4, -0.2) is 29.6 Å². The zero-order valence-corrected chi connectivity index (χ0v) is 13.1. The summed E-state index contributed by atoms with van der Waals surface area (Å²) >= 11 is 3.28. The second-order valence-corrected chi connectivity index (χ2v) is 5.19. The van der Waals surface area contributed by atoms with Crippen LogP contribution in [0.5, 0.6) is 0 Å². The van der Waals surface area contributed by atoms with Gasteiger partial charge in [0.1, 0.15) is 0 Å². The molecule has 0 aliphatic carbocycles. The monoisotopic (exact) mass is 360 g/mol. The maximum Gasteiger partial charge on any atom is 0.259 e. The van der Waals surface area contributed by atoms with Crippen molar-refractivity contribution in [2.75, 3.05) is 6.54 Å². The van der Waals surface area contributed by atoms with Crippen molar-refractivity contribution in [2.45, 2.75) is 0 Å². The summed E-state index contributed by atoms with van der Waals surface area (Å²) in [5.74, 6) is -0.740. The number of rotatable bonds is 5. The number of benzene rings is 1. The first-order chi connectivity index (χ1) is 10.6. The smallest absolute Gasteiger partial charge is 0.259 e. The van der Waals surface area contributed by atoms with E-state index >= 15 is 0 Å². The Balaban J connectivity index is 1.78. The van der Waals surface area contributed by atoms with E-state index in [0.29, 0.717) is 5.56 Å². The van der Waals surface area contributed by atoms with E-state index in [9.17, 15) is 9.59 Å². The normalized spacial score (nSPS) is 10.4. The summed E-state index contributed by atoms with van der Waals surface area (Å²) in [6.07, 6.45) is 4.74. The first kappa shape index (κ1) is 15.8. The highest BCUT2D eigenvalue weighted by Gasteiger charge is 2.07. The predicted octanol–water partition coefficient (Wildman–Crippen LogP) is 1.72. The third kappa shape index (κ3) is 5.10. The van der Waals surface area contributed by atoms with Gasteiger partial charge in [-0.25, -0.2) is 5.43 Å². The number of pyridine rings is 1. The van der Waals surface area contributed by atoms with Crippen molar-refractivity contribution in [3.63, 3.8) is 0 Å². The molecule has 0 saturated heterocycles. The largest absolute Gasteiger partial charge is 0.343 e. The van der Waals surface area contributed by atoms with Crippen LogP contribution in [0.1, 0.15) is 15.9 Å². The van der Waals surface area contributed by atoms with Gasteiger partial charge in [0.2, 0.25) is 0 Å². The van der Waals surface area contributed by atoms with E-state index in [1.54, 1.807) is 42.7 Å². The number of hydrazone groups is 1. The summed E-state index contributed by atoms with van der Waals surface area (Å²) in [6.45, 7) is -0.157. The molecule has 6 nitrogen and oxygen atoms in total. The van der Waals surface area contributed by atoms with Gasteiger partial charge < -0.3 is 5.32 Å². The number of hydrogen-bond acceptors (Lipinski definition) is 4. The molecule has 2 aromatic rings. The standard InChI is InChI=1S/C15H13BrN4O2/c16-13-5-1-4-12(7-13)15(22)18-10-14(21)20-19-9-11-3-2-6-17-8-11/h1-9H,10H2,(H,18,22)(H,20,21)/b19-9-. The summed E-state index contributed by atoms with van der Waals surface area (Å²) in [4.78, 5) is 27.3. The van der Waals surface area contributed by atoms with Crippen molar-refractivity contribution in [3.8, 4) is 0 Å². The van der Waals surface area contributed by atoms with Crippen LogP contribution < -0.4 is 10.7 Å². The first-order valence-electron chi connectivity index (χ1n) is 6.41. The van der Waals surface area contributed by atoms with Gasteiger partial charge in [-0.05, 0) is 24.3 Å². The Hall–Kier alpha value is -2.54. The van der Waals surface area contributed by atoms with E-state index in [4.69, 9.17) is 0 Å². The summed E-state index contributed by atoms with van der Waals surface area (Å²) in [5, 5.41) is 6.30. The van der Waals surface area contributed by atoms with E-state index in [1.807, 2.05) is 6.07 Å². The van der Waals surface area contributed by atoms with Crippen LogP contribution in [0.2, 0.25) is 0 Å². The van der Waals surface area contributed by atoms with Gasteiger partial charge in [0.05, 0.1) is 12.8 Å². The molecule has 2 rings (SSSR count). The number of nitrogens with one attached hydrogen (secondary N) is 2. The minimum atomic E-state index is -0.413. The third-order valence-corrected chi connectivity index (χ3v) is 3.08. The van der Waals surface area contributed by atoms with E-state index in [2.05, 4.69) is 36.8 Å². The van der Waals surface area contributed by atoms with Crippen LogP contribution in [0.4, 0.5) is 0 Å². The van der Waals surface area contributed by atoms with Gasteiger partial charge in [-0.2, -0.15) is 5.10 Å². The molecule has 2 N–H and O–H groups in total. The van der Waals surface area contributed by atoms with Gasteiger partial charge in [0, 0.05) is 28.0 Å².